The molecule has 1 aliphatic rings. The monoisotopic (exact) mass is 953 g/mol. The summed E-state index contributed by atoms with van der Waals surface area (Å²) in [6, 6.07) is 107. The maximum atomic E-state index is 2.47. The largest absolute Gasteiger partial charge is 0.310 e. The third-order valence-electron chi connectivity index (χ3n) is 16.0. The number of hydrogen-bond donors (Lipinski definition) is 0. The summed E-state index contributed by atoms with van der Waals surface area (Å²) in [4.78, 5) is 2.47. The predicted molar refractivity (Wildman–Crippen MR) is 318 cm³/mol. The van der Waals surface area contributed by atoms with Crippen LogP contribution in [0.25, 0.3) is 99.1 Å². The van der Waals surface area contributed by atoms with Gasteiger partial charge < -0.3 is 4.90 Å². The fourth-order valence-corrected chi connectivity index (χ4v) is 12.3. The van der Waals surface area contributed by atoms with E-state index in [0.29, 0.717) is 0 Å². The molecule has 0 aliphatic heterocycles. The van der Waals surface area contributed by atoms with Gasteiger partial charge in [0.25, 0.3) is 0 Å². The van der Waals surface area contributed by atoms with Crippen LogP contribution in [0.4, 0.5) is 17.1 Å². The van der Waals surface area contributed by atoms with Crippen LogP contribution < -0.4 is 4.90 Å². The number of anilines is 3. The third kappa shape index (κ3) is 7.39. The molecule has 75 heavy (non-hydrogen) atoms. The van der Waals surface area contributed by atoms with Gasteiger partial charge in [-0.05, 0) is 154 Å². The Morgan fingerprint density at radius 3 is 1.40 bits per heavy atom. The number of fused-ring (bicyclic) bond motifs is 7. The molecule has 0 saturated heterocycles. The second-order valence-corrected chi connectivity index (χ2v) is 20.1. The van der Waals surface area contributed by atoms with Crippen LogP contribution in [0.5, 0.6) is 0 Å². The summed E-state index contributed by atoms with van der Waals surface area (Å²) < 4.78 is 0. The van der Waals surface area contributed by atoms with E-state index in [2.05, 4.69) is 303 Å². The molecule has 14 rings (SSSR count). The summed E-state index contributed by atoms with van der Waals surface area (Å²) in [5.74, 6) is 0. The van der Waals surface area contributed by atoms with Crippen LogP contribution >= 0.6 is 0 Å². The molecule has 1 nitrogen and oxygen atoms in total. The van der Waals surface area contributed by atoms with Crippen LogP contribution in [0.3, 0.4) is 0 Å². The fraction of sp³-hybridized carbons (Fsp3) is 0.0270. The van der Waals surface area contributed by atoms with Gasteiger partial charge in [0.15, 0.2) is 0 Å². The summed E-state index contributed by atoms with van der Waals surface area (Å²) in [7, 11) is 0. The first-order valence-electron chi connectivity index (χ1n) is 26.1. The van der Waals surface area contributed by atoms with Crippen LogP contribution in [0.1, 0.15) is 23.6 Å². The van der Waals surface area contributed by atoms with Gasteiger partial charge in [-0.25, -0.2) is 0 Å². The zero-order valence-electron chi connectivity index (χ0n) is 41.7. The molecule has 0 spiro atoms. The van der Waals surface area contributed by atoms with E-state index in [4.69, 9.17) is 0 Å². The summed E-state index contributed by atoms with van der Waals surface area (Å²) in [6.07, 6.45) is 0. The highest BCUT2D eigenvalue weighted by Crippen LogP contribution is 2.57. The first-order valence-corrected chi connectivity index (χ1v) is 26.1. The Balaban J connectivity index is 0.904. The molecular weight excluding hydrogens is 903 g/mol. The maximum Gasteiger partial charge on any atom is 0.0543 e. The molecule has 0 heterocycles. The lowest BCUT2D eigenvalue weighted by atomic mass is 9.74. The van der Waals surface area contributed by atoms with E-state index in [9.17, 15) is 0 Å². The standard InChI is InChI=1S/C74H51N/c1-74(58-25-9-4-10-26-58)68-32-16-15-30-66(68)73-69(74)33-18-34-70(73)75(59-44-39-51(40-45-59)50-35-37-54(38-36-50)62-31-17-24-53-19-11-12-27-61(53)62)60-46-41-52(42-47-60)57-43-48-64-63-28-13-14-29-65(63)71(55-20-5-2-6-21-55)72(67(64)49-57)56-22-7-3-8-23-56/h2-49H,1H3. The summed E-state index contributed by atoms with van der Waals surface area (Å²) in [5.41, 5.74) is 21.6. The molecule has 1 heteroatoms. The van der Waals surface area contributed by atoms with Crippen LogP contribution in [-0.4, -0.2) is 0 Å². The van der Waals surface area contributed by atoms with E-state index >= 15 is 0 Å². The quantitative estimate of drug-likeness (QED) is 0.130. The fourth-order valence-electron chi connectivity index (χ4n) is 12.3. The molecule has 352 valence electrons. The van der Waals surface area contributed by atoms with Gasteiger partial charge in [-0.2, -0.15) is 0 Å². The molecule has 0 bridgehead atoms. The predicted octanol–water partition coefficient (Wildman–Crippen LogP) is 20.3. The van der Waals surface area contributed by atoms with Crippen LogP contribution in [0, 0.1) is 0 Å². The van der Waals surface area contributed by atoms with Crippen molar-refractivity contribution in [2.75, 3.05) is 4.90 Å². The highest BCUT2D eigenvalue weighted by atomic mass is 15.1. The Morgan fingerprint density at radius 2 is 0.720 bits per heavy atom. The molecule has 0 amide bonds. The first kappa shape index (κ1) is 44.2. The average molecular weight is 954 g/mol. The van der Waals surface area contributed by atoms with E-state index in [-0.39, 0.29) is 5.41 Å². The van der Waals surface area contributed by atoms with Gasteiger partial charge in [0.2, 0.25) is 0 Å². The molecular formula is C74H51N. The Morgan fingerprint density at radius 1 is 0.267 bits per heavy atom. The number of benzene rings is 13. The molecule has 0 saturated carbocycles. The lowest BCUT2D eigenvalue weighted by Gasteiger charge is -2.30. The molecule has 0 N–H and O–H groups in total. The van der Waals surface area contributed by atoms with Crippen molar-refractivity contribution in [3.63, 3.8) is 0 Å². The minimum atomic E-state index is -0.332. The molecule has 0 radical (unpaired) electrons. The topological polar surface area (TPSA) is 3.24 Å². The average Bonchev–Trinajstić information content (AvgIpc) is 3.78. The van der Waals surface area contributed by atoms with Crippen LogP contribution in [-0.2, 0) is 5.41 Å². The molecule has 1 unspecified atom stereocenters. The van der Waals surface area contributed by atoms with Crippen LogP contribution in [0.15, 0.2) is 291 Å². The van der Waals surface area contributed by atoms with Crippen molar-refractivity contribution in [2.24, 2.45) is 0 Å². The van der Waals surface area contributed by atoms with Crippen molar-refractivity contribution < 1.29 is 0 Å². The summed E-state index contributed by atoms with van der Waals surface area (Å²) in [6.45, 7) is 2.40. The van der Waals surface area contributed by atoms with Crippen molar-refractivity contribution in [3.8, 4) is 66.8 Å². The smallest absolute Gasteiger partial charge is 0.0543 e. The molecule has 13 aromatic rings. The van der Waals surface area contributed by atoms with Crippen molar-refractivity contribution >= 4 is 49.4 Å². The first-order chi connectivity index (χ1) is 37.1. The van der Waals surface area contributed by atoms with Gasteiger partial charge in [0, 0.05) is 22.4 Å². The Bertz CT molecular complexity index is 4250. The molecule has 0 aromatic heterocycles. The highest BCUT2D eigenvalue weighted by molar-refractivity contribution is 6.22. The number of rotatable bonds is 9. The van der Waals surface area contributed by atoms with Gasteiger partial charge in [-0.1, -0.05) is 255 Å². The highest BCUT2D eigenvalue weighted by Gasteiger charge is 2.42. The Labute approximate surface area is 438 Å². The van der Waals surface area contributed by atoms with Gasteiger partial charge in [0.1, 0.15) is 0 Å². The minimum Gasteiger partial charge on any atom is -0.310 e. The van der Waals surface area contributed by atoms with E-state index in [1.54, 1.807) is 0 Å². The molecule has 13 aromatic carbocycles. The Kier molecular flexibility index (Phi) is 10.7. The van der Waals surface area contributed by atoms with Gasteiger partial charge in [-0.15, -0.1) is 0 Å². The van der Waals surface area contributed by atoms with Crippen molar-refractivity contribution in [3.05, 3.63) is 308 Å². The van der Waals surface area contributed by atoms with E-state index < -0.39 is 0 Å². The Hall–Kier alpha value is -9.56. The zero-order chi connectivity index (χ0) is 49.9. The summed E-state index contributed by atoms with van der Waals surface area (Å²) >= 11 is 0. The van der Waals surface area contributed by atoms with E-state index in [0.717, 1.165) is 22.6 Å². The van der Waals surface area contributed by atoms with Crippen molar-refractivity contribution in [2.45, 2.75) is 12.3 Å². The molecule has 1 aliphatic carbocycles. The lowest BCUT2D eigenvalue weighted by molar-refractivity contribution is 0.714. The van der Waals surface area contributed by atoms with Crippen LogP contribution in [0.2, 0.25) is 0 Å². The van der Waals surface area contributed by atoms with Gasteiger partial charge in [0.05, 0.1) is 5.69 Å². The van der Waals surface area contributed by atoms with E-state index in [1.807, 2.05) is 0 Å². The lowest BCUT2D eigenvalue weighted by Crippen LogP contribution is -2.22. The molecule has 1 atom stereocenters. The third-order valence-corrected chi connectivity index (χ3v) is 16.0. The van der Waals surface area contributed by atoms with Gasteiger partial charge in [-0.3, -0.25) is 0 Å². The maximum absolute atomic E-state index is 2.47. The van der Waals surface area contributed by atoms with Gasteiger partial charge >= 0.3 is 0 Å². The van der Waals surface area contributed by atoms with Crippen molar-refractivity contribution in [1.82, 2.24) is 0 Å². The number of nitrogens with zero attached hydrogens (tertiary/aromatic N) is 1. The second kappa shape index (κ2) is 18.2. The molecule has 0 fully saturated rings. The SMILES string of the molecule is CC1(c2ccccc2)c2ccccc2-c2c(N(c3ccc(-c4ccc(-c5cccc6ccccc56)cc4)cc3)c3ccc(-c4ccc5c(c4)c(-c4ccccc4)c(-c4ccccc4)c4ccccc45)cc3)cccc21. The second-order valence-electron chi connectivity index (χ2n) is 20.1. The minimum absolute atomic E-state index is 0.332. The summed E-state index contributed by atoms with van der Waals surface area (Å²) in [5, 5.41) is 7.53. The van der Waals surface area contributed by atoms with Crippen molar-refractivity contribution in [1.29, 1.82) is 0 Å². The normalized spacial score (nSPS) is 13.7. The number of hydrogen-bond acceptors (Lipinski definition) is 1. The van der Waals surface area contributed by atoms with E-state index in [1.165, 1.54) is 110 Å². The zero-order valence-corrected chi connectivity index (χ0v) is 41.7.